The lowest BCUT2D eigenvalue weighted by Gasteiger charge is -2.20. The molecule has 0 aliphatic carbocycles. The monoisotopic (exact) mass is 251 g/mol. The predicted octanol–water partition coefficient (Wildman–Crippen LogP) is 0.380. The Balaban J connectivity index is 1.84. The highest BCUT2D eigenvalue weighted by atomic mass is 16.6. The summed E-state index contributed by atoms with van der Waals surface area (Å²) in [6, 6.07) is 9.50. The van der Waals surface area contributed by atoms with Crippen LogP contribution in [0.5, 0.6) is 0 Å². The molecule has 0 bridgehead atoms. The van der Waals surface area contributed by atoms with Crippen molar-refractivity contribution in [2.24, 2.45) is 0 Å². The summed E-state index contributed by atoms with van der Waals surface area (Å²) in [5, 5.41) is 8.88. The van der Waals surface area contributed by atoms with E-state index in [2.05, 4.69) is 0 Å². The Bertz CT molecular complexity index is 382. The van der Waals surface area contributed by atoms with Gasteiger partial charge in [0.25, 0.3) is 0 Å². The third-order valence-corrected chi connectivity index (χ3v) is 2.80. The number of hydrogen-bond acceptors (Lipinski definition) is 5. The molecule has 1 fully saturated rings. The maximum atomic E-state index is 11.8. The Hall–Kier alpha value is -1.43. The zero-order valence-electron chi connectivity index (χ0n) is 10.1. The summed E-state index contributed by atoms with van der Waals surface area (Å²) in [4.78, 5) is 13.6. The number of rotatable bonds is 5. The van der Waals surface area contributed by atoms with Crippen LogP contribution in [0.25, 0.3) is 0 Å². The van der Waals surface area contributed by atoms with Crippen molar-refractivity contribution in [2.45, 2.75) is 12.8 Å². The Morgan fingerprint density at radius 3 is 2.94 bits per heavy atom. The van der Waals surface area contributed by atoms with E-state index >= 15 is 0 Å². The molecule has 5 heteroatoms. The van der Waals surface area contributed by atoms with Gasteiger partial charge < -0.3 is 14.6 Å². The molecule has 1 saturated heterocycles. The summed E-state index contributed by atoms with van der Waals surface area (Å²) in [6.07, 6.45) is -0.680. The zero-order valence-corrected chi connectivity index (χ0v) is 10.1. The second kappa shape index (κ2) is 6.49. The Morgan fingerprint density at radius 2 is 2.22 bits per heavy atom. The fourth-order valence-corrected chi connectivity index (χ4v) is 1.88. The summed E-state index contributed by atoms with van der Waals surface area (Å²) in [6.45, 7) is 1.81. The SMILES string of the molecule is O=C(OCc1ccccc1)C1OCCN1CCO. The molecule has 1 atom stereocenters. The third-order valence-electron chi connectivity index (χ3n) is 2.80. The fourth-order valence-electron chi connectivity index (χ4n) is 1.88. The first-order chi connectivity index (χ1) is 8.81. The molecule has 18 heavy (non-hydrogen) atoms. The Morgan fingerprint density at radius 1 is 1.44 bits per heavy atom. The van der Waals surface area contributed by atoms with Gasteiger partial charge in [-0.2, -0.15) is 0 Å². The highest BCUT2D eigenvalue weighted by molar-refractivity contribution is 5.74. The number of β-amino-alcohol motifs (C(OH)–C–C–N with tert-alkyl or cyclic N) is 1. The van der Waals surface area contributed by atoms with Gasteiger partial charge in [0.05, 0.1) is 13.2 Å². The molecule has 98 valence electrons. The minimum atomic E-state index is -0.680. The average molecular weight is 251 g/mol. The van der Waals surface area contributed by atoms with Gasteiger partial charge in [0.1, 0.15) is 6.61 Å². The lowest BCUT2D eigenvalue weighted by atomic mass is 10.2. The molecule has 1 aliphatic rings. The normalized spacial score (nSPS) is 19.9. The average Bonchev–Trinajstić information content (AvgIpc) is 2.86. The standard InChI is InChI=1S/C13H17NO4/c15-8-6-14-7-9-17-12(14)13(16)18-10-11-4-2-1-3-5-11/h1-5,12,15H,6-10H2. The van der Waals surface area contributed by atoms with Crippen molar-refractivity contribution in [2.75, 3.05) is 26.3 Å². The van der Waals surface area contributed by atoms with Crippen molar-refractivity contribution in [3.05, 3.63) is 35.9 Å². The molecule has 0 aromatic heterocycles. The topological polar surface area (TPSA) is 59.0 Å². The summed E-state index contributed by atoms with van der Waals surface area (Å²) >= 11 is 0. The molecule has 0 amide bonds. The Kier molecular flexibility index (Phi) is 4.69. The van der Waals surface area contributed by atoms with Gasteiger partial charge in [-0.05, 0) is 5.56 Å². The summed E-state index contributed by atoms with van der Waals surface area (Å²) < 4.78 is 10.5. The van der Waals surface area contributed by atoms with Gasteiger partial charge in [0.15, 0.2) is 0 Å². The van der Waals surface area contributed by atoms with E-state index in [1.165, 1.54) is 0 Å². The number of hydrogen-bond donors (Lipinski definition) is 1. The van der Waals surface area contributed by atoms with E-state index in [9.17, 15) is 4.79 Å². The van der Waals surface area contributed by atoms with Gasteiger partial charge in [0.2, 0.25) is 6.23 Å². The van der Waals surface area contributed by atoms with Gasteiger partial charge >= 0.3 is 5.97 Å². The zero-order chi connectivity index (χ0) is 12.8. The molecule has 1 heterocycles. The van der Waals surface area contributed by atoms with Crippen LogP contribution in [0, 0.1) is 0 Å². The molecule has 1 aromatic carbocycles. The van der Waals surface area contributed by atoms with Gasteiger partial charge in [-0.1, -0.05) is 30.3 Å². The van der Waals surface area contributed by atoms with Crippen LogP contribution in [0.4, 0.5) is 0 Å². The van der Waals surface area contributed by atoms with Crippen molar-refractivity contribution in [3.8, 4) is 0 Å². The molecule has 0 spiro atoms. The van der Waals surface area contributed by atoms with E-state index in [1.807, 2.05) is 30.3 Å². The van der Waals surface area contributed by atoms with Crippen molar-refractivity contribution < 1.29 is 19.4 Å². The minimum Gasteiger partial charge on any atom is -0.458 e. The van der Waals surface area contributed by atoms with Crippen LogP contribution >= 0.6 is 0 Å². The highest BCUT2D eigenvalue weighted by Gasteiger charge is 2.32. The molecular formula is C13H17NO4. The van der Waals surface area contributed by atoms with Gasteiger partial charge in [-0.25, -0.2) is 4.79 Å². The molecule has 0 saturated carbocycles. The first kappa shape index (κ1) is 13.0. The van der Waals surface area contributed by atoms with E-state index in [0.717, 1.165) is 5.56 Å². The van der Waals surface area contributed by atoms with Crippen LogP contribution in [0.2, 0.25) is 0 Å². The molecule has 1 aliphatic heterocycles. The third kappa shape index (κ3) is 3.29. The summed E-state index contributed by atoms with van der Waals surface area (Å²) in [5.74, 6) is -0.398. The lowest BCUT2D eigenvalue weighted by molar-refractivity contribution is -0.163. The maximum Gasteiger partial charge on any atom is 0.351 e. The number of carbonyl (C=O) groups is 1. The van der Waals surface area contributed by atoms with E-state index in [1.54, 1.807) is 4.90 Å². The smallest absolute Gasteiger partial charge is 0.351 e. The summed E-state index contributed by atoms with van der Waals surface area (Å²) in [5.41, 5.74) is 0.942. The van der Waals surface area contributed by atoms with Crippen molar-refractivity contribution in [3.63, 3.8) is 0 Å². The molecule has 1 N–H and O–H groups in total. The van der Waals surface area contributed by atoms with Crippen LogP contribution in [-0.4, -0.2) is 48.5 Å². The number of aliphatic hydroxyl groups is 1. The first-order valence-corrected chi connectivity index (χ1v) is 5.98. The molecule has 5 nitrogen and oxygen atoms in total. The van der Waals surface area contributed by atoms with Crippen LogP contribution in [0.1, 0.15) is 5.56 Å². The predicted molar refractivity (Wildman–Crippen MR) is 64.6 cm³/mol. The number of benzene rings is 1. The van der Waals surface area contributed by atoms with E-state index in [4.69, 9.17) is 14.6 Å². The molecule has 2 rings (SSSR count). The summed E-state index contributed by atoms with van der Waals surface area (Å²) in [7, 11) is 0. The number of carbonyl (C=O) groups excluding carboxylic acids is 1. The van der Waals surface area contributed by atoms with E-state index in [0.29, 0.717) is 19.7 Å². The van der Waals surface area contributed by atoms with Gasteiger partial charge in [0, 0.05) is 13.1 Å². The first-order valence-electron chi connectivity index (χ1n) is 5.98. The van der Waals surface area contributed by atoms with Crippen LogP contribution in [0.15, 0.2) is 30.3 Å². The minimum absolute atomic E-state index is 0.00578. The van der Waals surface area contributed by atoms with Crippen molar-refractivity contribution in [1.29, 1.82) is 0 Å². The second-order valence-corrected chi connectivity index (χ2v) is 4.08. The number of nitrogens with zero attached hydrogens (tertiary/aromatic N) is 1. The molecule has 1 aromatic rings. The van der Waals surface area contributed by atoms with Gasteiger partial charge in [-0.3, -0.25) is 4.90 Å². The van der Waals surface area contributed by atoms with Crippen LogP contribution in [-0.2, 0) is 20.9 Å². The molecular weight excluding hydrogens is 234 g/mol. The number of esters is 1. The highest BCUT2D eigenvalue weighted by Crippen LogP contribution is 2.12. The van der Waals surface area contributed by atoms with E-state index in [-0.39, 0.29) is 13.2 Å². The van der Waals surface area contributed by atoms with E-state index < -0.39 is 12.2 Å². The molecule has 1 unspecified atom stereocenters. The largest absolute Gasteiger partial charge is 0.458 e. The van der Waals surface area contributed by atoms with Crippen molar-refractivity contribution in [1.82, 2.24) is 4.90 Å². The maximum absolute atomic E-state index is 11.8. The number of ether oxygens (including phenoxy) is 2. The van der Waals surface area contributed by atoms with Gasteiger partial charge in [-0.15, -0.1) is 0 Å². The quantitative estimate of drug-likeness (QED) is 0.767. The fraction of sp³-hybridized carbons (Fsp3) is 0.462. The van der Waals surface area contributed by atoms with Crippen molar-refractivity contribution >= 4 is 5.97 Å². The lowest BCUT2D eigenvalue weighted by Crippen LogP contribution is -2.39. The van der Waals surface area contributed by atoms with Crippen LogP contribution < -0.4 is 0 Å². The molecule has 0 radical (unpaired) electrons. The number of aliphatic hydroxyl groups excluding tert-OH is 1. The Labute approximate surface area is 106 Å². The second-order valence-electron chi connectivity index (χ2n) is 4.08. The van der Waals surface area contributed by atoms with Crippen LogP contribution in [0.3, 0.4) is 0 Å².